The first-order valence-corrected chi connectivity index (χ1v) is 6.57. The minimum absolute atomic E-state index is 0.757. The van der Waals surface area contributed by atoms with Crippen LogP contribution in [0.3, 0.4) is 0 Å². The monoisotopic (exact) mass is 218 g/mol. The lowest BCUT2D eigenvalue weighted by molar-refractivity contribution is 0.566. The first-order chi connectivity index (χ1) is 6.02. The average Bonchev–Trinajstić information content (AvgIpc) is 2.00. The van der Waals surface area contributed by atoms with Crippen molar-refractivity contribution < 1.29 is 0 Å². The van der Waals surface area contributed by atoms with E-state index in [0.29, 0.717) is 0 Å². The molecule has 0 fully saturated rings. The Hall–Kier alpha value is 0.440. The highest BCUT2D eigenvalue weighted by Gasteiger charge is 2.01. The second kappa shape index (κ2) is 7.81. The van der Waals surface area contributed by atoms with Crippen LogP contribution in [0.5, 0.6) is 0 Å². The van der Waals surface area contributed by atoms with Crippen LogP contribution in [0.15, 0.2) is 0 Å². The van der Waals surface area contributed by atoms with Gasteiger partial charge in [0.2, 0.25) is 0 Å². The van der Waals surface area contributed by atoms with E-state index in [9.17, 15) is 0 Å². The molecular formula is C11H22S2. The zero-order chi connectivity index (χ0) is 10.3. The number of rotatable bonds is 6. The lowest BCUT2D eigenvalue weighted by atomic mass is 10.1. The second-order valence-electron chi connectivity index (χ2n) is 4.36. The predicted octanol–water partition coefficient (Wildman–Crippen LogP) is 4.53. The summed E-state index contributed by atoms with van der Waals surface area (Å²) in [6, 6.07) is 0. The van der Waals surface area contributed by atoms with Crippen molar-refractivity contribution in [2.75, 3.05) is 5.75 Å². The zero-order valence-electron chi connectivity index (χ0n) is 9.30. The van der Waals surface area contributed by atoms with Gasteiger partial charge in [0.05, 0.1) is 0 Å². The Kier molecular flexibility index (Phi) is 8.07. The highest BCUT2D eigenvalue weighted by molar-refractivity contribution is 8.23. The molecule has 0 unspecified atom stereocenters. The summed E-state index contributed by atoms with van der Waals surface area (Å²) in [6.07, 6.45) is 3.70. The van der Waals surface area contributed by atoms with Crippen LogP contribution in [-0.2, 0) is 0 Å². The minimum atomic E-state index is 0.757. The summed E-state index contributed by atoms with van der Waals surface area (Å²) in [5.74, 6) is 2.76. The van der Waals surface area contributed by atoms with Crippen LogP contribution >= 0.6 is 24.0 Å². The van der Waals surface area contributed by atoms with Crippen molar-refractivity contribution in [1.29, 1.82) is 0 Å². The van der Waals surface area contributed by atoms with Gasteiger partial charge in [-0.1, -0.05) is 46.3 Å². The summed E-state index contributed by atoms with van der Waals surface area (Å²) in [5, 5.41) is 0. The van der Waals surface area contributed by atoms with Gasteiger partial charge in [-0.05, 0) is 24.7 Å². The molecule has 0 nitrogen and oxygen atoms in total. The molecule has 13 heavy (non-hydrogen) atoms. The van der Waals surface area contributed by atoms with E-state index in [1.165, 1.54) is 22.8 Å². The fraction of sp³-hybridized carbons (Fsp3) is 0.909. The second-order valence-corrected chi connectivity index (χ2v) is 6.23. The molecule has 0 aliphatic heterocycles. The molecular weight excluding hydrogens is 196 g/mol. The maximum Gasteiger partial charge on any atom is 0.0478 e. The van der Waals surface area contributed by atoms with Crippen molar-refractivity contribution in [2.45, 2.75) is 47.0 Å². The van der Waals surface area contributed by atoms with Gasteiger partial charge < -0.3 is 0 Å². The zero-order valence-corrected chi connectivity index (χ0v) is 10.9. The Morgan fingerprint density at radius 1 is 1.15 bits per heavy atom. The Labute approximate surface area is 92.9 Å². The van der Waals surface area contributed by atoms with Gasteiger partial charge in [0.25, 0.3) is 0 Å². The molecule has 0 bridgehead atoms. The third kappa shape index (κ3) is 10.4. The Balaban J connectivity index is 3.30. The third-order valence-electron chi connectivity index (χ3n) is 1.74. The lowest BCUT2D eigenvalue weighted by Gasteiger charge is -2.07. The fourth-order valence-electron chi connectivity index (χ4n) is 0.986. The van der Waals surface area contributed by atoms with Crippen molar-refractivity contribution in [3.8, 4) is 0 Å². The van der Waals surface area contributed by atoms with Crippen LogP contribution in [0.4, 0.5) is 0 Å². The lowest BCUT2D eigenvalue weighted by Crippen LogP contribution is -1.97. The van der Waals surface area contributed by atoms with E-state index in [0.717, 1.165) is 18.3 Å². The smallest absolute Gasteiger partial charge is 0.0478 e. The van der Waals surface area contributed by atoms with Crippen molar-refractivity contribution in [3.63, 3.8) is 0 Å². The van der Waals surface area contributed by atoms with Crippen molar-refractivity contribution >= 4 is 28.2 Å². The predicted molar refractivity (Wildman–Crippen MR) is 68.6 cm³/mol. The largest absolute Gasteiger partial charge is 0.119 e. The fourth-order valence-corrected chi connectivity index (χ4v) is 2.14. The molecule has 0 aliphatic carbocycles. The van der Waals surface area contributed by atoms with E-state index >= 15 is 0 Å². The molecule has 0 atom stereocenters. The van der Waals surface area contributed by atoms with Gasteiger partial charge in [0, 0.05) is 9.95 Å². The van der Waals surface area contributed by atoms with Crippen LogP contribution in [-0.4, -0.2) is 9.95 Å². The standard InChI is InChI=1S/C11H22S2/c1-9(2)6-5-7-11(12)13-8-10(3)4/h9-10H,5-8H2,1-4H3. The summed E-state index contributed by atoms with van der Waals surface area (Å²) < 4.78 is 1.20. The van der Waals surface area contributed by atoms with Crippen LogP contribution in [0, 0.1) is 11.8 Å². The Bertz CT molecular complexity index is 139. The van der Waals surface area contributed by atoms with E-state index in [-0.39, 0.29) is 0 Å². The molecule has 0 aromatic carbocycles. The van der Waals surface area contributed by atoms with Crippen molar-refractivity contribution in [1.82, 2.24) is 0 Å². The number of thioether (sulfide) groups is 1. The summed E-state index contributed by atoms with van der Waals surface area (Å²) in [4.78, 5) is 0. The van der Waals surface area contributed by atoms with E-state index < -0.39 is 0 Å². The van der Waals surface area contributed by atoms with E-state index in [4.69, 9.17) is 12.2 Å². The molecule has 0 N–H and O–H groups in total. The molecule has 2 heteroatoms. The van der Waals surface area contributed by atoms with Gasteiger partial charge in [0.1, 0.15) is 0 Å². The van der Waals surface area contributed by atoms with E-state index in [1.807, 2.05) is 11.8 Å². The van der Waals surface area contributed by atoms with Gasteiger partial charge in [-0.25, -0.2) is 0 Å². The topological polar surface area (TPSA) is 0 Å². The molecule has 0 spiro atoms. The summed E-state index contributed by atoms with van der Waals surface area (Å²) in [6.45, 7) is 9.02. The van der Waals surface area contributed by atoms with Crippen molar-refractivity contribution in [2.24, 2.45) is 11.8 Å². The molecule has 0 radical (unpaired) electrons. The summed E-state index contributed by atoms with van der Waals surface area (Å²) in [7, 11) is 0. The summed E-state index contributed by atoms with van der Waals surface area (Å²) >= 11 is 7.16. The van der Waals surface area contributed by atoms with Gasteiger partial charge >= 0.3 is 0 Å². The summed E-state index contributed by atoms with van der Waals surface area (Å²) in [5.41, 5.74) is 0. The number of thiocarbonyl (C=S) groups is 1. The first kappa shape index (κ1) is 13.4. The SMILES string of the molecule is CC(C)CCCC(=S)SCC(C)C. The normalized spacial score (nSPS) is 11.2. The quantitative estimate of drug-likeness (QED) is 0.601. The van der Waals surface area contributed by atoms with E-state index in [1.54, 1.807) is 0 Å². The van der Waals surface area contributed by atoms with Gasteiger partial charge in [-0.3, -0.25) is 0 Å². The average molecular weight is 218 g/mol. The first-order valence-electron chi connectivity index (χ1n) is 5.18. The third-order valence-corrected chi connectivity index (χ3v) is 3.66. The van der Waals surface area contributed by atoms with Gasteiger partial charge in [-0.2, -0.15) is 0 Å². The number of hydrogen-bond acceptors (Lipinski definition) is 2. The maximum atomic E-state index is 5.29. The maximum absolute atomic E-state index is 5.29. The molecule has 0 aromatic heterocycles. The van der Waals surface area contributed by atoms with Gasteiger partial charge in [0.15, 0.2) is 0 Å². The molecule has 78 valence electrons. The molecule has 0 rings (SSSR count). The highest BCUT2D eigenvalue weighted by atomic mass is 32.2. The Morgan fingerprint density at radius 2 is 1.77 bits per heavy atom. The van der Waals surface area contributed by atoms with Gasteiger partial charge in [-0.15, -0.1) is 11.8 Å². The van der Waals surface area contributed by atoms with Crippen LogP contribution in [0.2, 0.25) is 0 Å². The molecule has 0 amide bonds. The van der Waals surface area contributed by atoms with Crippen LogP contribution < -0.4 is 0 Å². The molecule has 0 saturated carbocycles. The molecule has 0 aromatic rings. The number of hydrogen-bond donors (Lipinski definition) is 0. The van der Waals surface area contributed by atoms with E-state index in [2.05, 4.69) is 27.7 Å². The minimum Gasteiger partial charge on any atom is -0.119 e. The molecule has 0 aliphatic rings. The highest BCUT2D eigenvalue weighted by Crippen LogP contribution is 2.16. The Morgan fingerprint density at radius 3 is 2.23 bits per heavy atom. The van der Waals surface area contributed by atoms with Crippen LogP contribution in [0.1, 0.15) is 47.0 Å². The van der Waals surface area contributed by atoms with Crippen molar-refractivity contribution in [3.05, 3.63) is 0 Å². The molecule has 0 saturated heterocycles. The molecule has 0 heterocycles. The van der Waals surface area contributed by atoms with Crippen LogP contribution in [0.25, 0.3) is 0 Å².